The number of nitrogens with zero attached hydrogens (tertiary/aromatic N) is 1. The maximum absolute atomic E-state index is 12.2. The monoisotopic (exact) mass is 428 g/mol. The smallest absolute Gasteiger partial charge is 0.232 e. The Bertz CT molecular complexity index is 946. The highest BCUT2D eigenvalue weighted by molar-refractivity contribution is 7.92. The highest BCUT2D eigenvalue weighted by Gasteiger charge is 2.20. The lowest BCUT2D eigenvalue weighted by Gasteiger charge is -2.25. The lowest BCUT2D eigenvalue weighted by atomic mass is 10.1. The van der Waals surface area contributed by atoms with E-state index >= 15 is 0 Å². The summed E-state index contributed by atoms with van der Waals surface area (Å²) in [4.78, 5) is 12.2. The molecule has 0 fully saturated rings. The maximum Gasteiger partial charge on any atom is 0.232 e. The molecule has 1 amide bonds. The summed E-state index contributed by atoms with van der Waals surface area (Å²) < 4.78 is 25.8. The molecule has 0 saturated heterocycles. The van der Waals surface area contributed by atoms with Gasteiger partial charge < -0.3 is 5.32 Å². The number of amides is 1. The number of hydrogen-bond donors (Lipinski definition) is 1. The van der Waals surface area contributed by atoms with Gasteiger partial charge in [0, 0.05) is 18.0 Å². The number of nitrogens with one attached hydrogen (secondary N) is 1. The standard InChI is InChI=1S/C19H22Cl2N2O3S/c1-13-6-4-7-18(14(13)2)23(27(3,25)26)11-5-8-19(24)22-17-12-15(20)9-10-16(17)21/h4,6-7,9-10,12H,5,8,11H2,1-3H3,(H,22,24). The van der Waals surface area contributed by atoms with E-state index in [4.69, 9.17) is 23.2 Å². The van der Waals surface area contributed by atoms with Crippen LogP contribution in [0.1, 0.15) is 24.0 Å². The van der Waals surface area contributed by atoms with Crippen molar-refractivity contribution in [2.75, 3.05) is 22.4 Å². The van der Waals surface area contributed by atoms with Crippen LogP contribution >= 0.6 is 23.2 Å². The Hall–Kier alpha value is -1.76. The molecule has 1 N–H and O–H groups in total. The first-order valence-corrected chi connectivity index (χ1v) is 11.0. The van der Waals surface area contributed by atoms with Gasteiger partial charge in [0.15, 0.2) is 0 Å². The van der Waals surface area contributed by atoms with Gasteiger partial charge in [0.25, 0.3) is 0 Å². The second kappa shape index (κ2) is 8.95. The average molecular weight is 429 g/mol. The van der Waals surface area contributed by atoms with Crippen molar-refractivity contribution in [2.24, 2.45) is 0 Å². The highest BCUT2D eigenvalue weighted by atomic mass is 35.5. The molecule has 0 radical (unpaired) electrons. The van der Waals surface area contributed by atoms with E-state index in [-0.39, 0.29) is 18.9 Å². The molecule has 0 aromatic heterocycles. The number of carbonyl (C=O) groups is 1. The summed E-state index contributed by atoms with van der Waals surface area (Å²) in [5, 5.41) is 3.56. The fourth-order valence-electron chi connectivity index (χ4n) is 2.66. The van der Waals surface area contributed by atoms with Crippen molar-refractivity contribution >= 4 is 50.5 Å². The molecule has 8 heteroatoms. The summed E-state index contributed by atoms with van der Waals surface area (Å²) >= 11 is 11.9. The second-order valence-corrected chi connectivity index (χ2v) is 9.08. The molecule has 0 saturated carbocycles. The van der Waals surface area contributed by atoms with Crippen LogP contribution in [0.4, 0.5) is 11.4 Å². The van der Waals surface area contributed by atoms with Gasteiger partial charge in [0.1, 0.15) is 0 Å². The first-order valence-electron chi connectivity index (χ1n) is 8.38. The van der Waals surface area contributed by atoms with Crippen LogP contribution in [0, 0.1) is 13.8 Å². The van der Waals surface area contributed by atoms with Gasteiger partial charge in [0.05, 0.1) is 22.7 Å². The number of benzene rings is 2. The highest BCUT2D eigenvalue weighted by Crippen LogP contribution is 2.27. The summed E-state index contributed by atoms with van der Waals surface area (Å²) in [5.74, 6) is -0.256. The van der Waals surface area contributed by atoms with Crippen LogP contribution in [0.15, 0.2) is 36.4 Å². The van der Waals surface area contributed by atoms with Gasteiger partial charge in [-0.25, -0.2) is 8.42 Å². The van der Waals surface area contributed by atoms with Gasteiger partial charge in [-0.2, -0.15) is 0 Å². The fraction of sp³-hybridized carbons (Fsp3) is 0.316. The molecule has 146 valence electrons. The van der Waals surface area contributed by atoms with Crippen LogP contribution in [0.2, 0.25) is 10.0 Å². The van der Waals surface area contributed by atoms with Gasteiger partial charge >= 0.3 is 0 Å². The number of hydrogen-bond acceptors (Lipinski definition) is 3. The minimum atomic E-state index is -3.46. The lowest BCUT2D eigenvalue weighted by molar-refractivity contribution is -0.116. The van der Waals surface area contributed by atoms with E-state index in [0.29, 0.717) is 27.8 Å². The molecule has 5 nitrogen and oxygen atoms in total. The summed E-state index contributed by atoms with van der Waals surface area (Å²) in [6.45, 7) is 4.03. The first-order chi connectivity index (χ1) is 12.6. The Morgan fingerprint density at radius 1 is 1.15 bits per heavy atom. The Morgan fingerprint density at radius 3 is 2.52 bits per heavy atom. The predicted octanol–water partition coefficient (Wildman–Crippen LogP) is 4.80. The Labute approximate surface area is 170 Å². The normalized spacial score (nSPS) is 11.3. The molecular formula is C19H22Cl2N2O3S. The molecule has 0 heterocycles. The molecule has 0 bridgehead atoms. The Morgan fingerprint density at radius 2 is 1.85 bits per heavy atom. The molecule has 0 aliphatic heterocycles. The summed E-state index contributed by atoms with van der Waals surface area (Å²) in [7, 11) is -3.46. The van der Waals surface area contributed by atoms with E-state index in [1.807, 2.05) is 26.0 Å². The van der Waals surface area contributed by atoms with Gasteiger partial charge in [-0.05, 0) is 55.7 Å². The van der Waals surface area contributed by atoms with E-state index in [1.165, 1.54) is 10.6 Å². The van der Waals surface area contributed by atoms with Gasteiger partial charge in [-0.15, -0.1) is 0 Å². The van der Waals surface area contributed by atoms with Crippen molar-refractivity contribution in [3.8, 4) is 0 Å². The third-order valence-corrected chi connectivity index (χ3v) is 5.96. The number of carbonyl (C=O) groups excluding carboxylic acids is 1. The number of anilines is 2. The van der Waals surface area contributed by atoms with Crippen LogP contribution in [-0.4, -0.2) is 27.1 Å². The largest absolute Gasteiger partial charge is 0.325 e. The van der Waals surface area contributed by atoms with Crippen molar-refractivity contribution in [1.82, 2.24) is 0 Å². The van der Waals surface area contributed by atoms with E-state index < -0.39 is 10.0 Å². The Balaban J connectivity index is 2.05. The lowest BCUT2D eigenvalue weighted by Crippen LogP contribution is -2.32. The SMILES string of the molecule is Cc1cccc(N(CCCC(=O)Nc2cc(Cl)ccc2Cl)S(C)(=O)=O)c1C. The van der Waals surface area contributed by atoms with Gasteiger partial charge in [-0.1, -0.05) is 35.3 Å². The second-order valence-electron chi connectivity index (χ2n) is 6.33. The summed E-state index contributed by atoms with van der Waals surface area (Å²) in [6.07, 6.45) is 1.69. The zero-order valence-corrected chi connectivity index (χ0v) is 17.7. The van der Waals surface area contributed by atoms with E-state index in [1.54, 1.807) is 24.3 Å². The minimum absolute atomic E-state index is 0.153. The number of halogens is 2. The van der Waals surface area contributed by atoms with Gasteiger partial charge in [0.2, 0.25) is 15.9 Å². The van der Waals surface area contributed by atoms with Crippen molar-refractivity contribution in [1.29, 1.82) is 0 Å². The molecule has 0 unspecified atom stereocenters. The molecule has 27 heavy (non-hydrogen) atoms. The summed E-state index contributed by atoms with van der Waals surface area (Å²) in [5.41, 5.74) is 2.98. The fourth-order valence-corrected chi connectivity index (χ4v) is 4.01. The quantitative estimate of drug-likeness (QED) is 0.688. The topological polar surface area (TPSA) is 66.5 Å². The predicted molar refractivity (Wildman–Crippen MR) is 112 cm³/mol. The van der Waals surface area contributed by atoms with E-state index in [2.05, 4.69) is 5.32 Å². The Kier molecular flexibility index (Phi) is 7.14. The molecule has 2 aromatic rings. The molecular weight excluding hydrogens is 407 g/mol. The van der Waals surface area contributed by atoms with E-state index in [0.717, 1.165) is 11.1 Å². The first kappa shape index (κ1) is 21.5. The van der Waals surface area contributed by atoms with Crippen LogP contribution < -0.4 is 9.62 Å². The molecule has 2 rings (SSSR count). The minimum Gasteiger partial charge on any atom is -0.325 e. The van der Waals surface area contributed by atoms with E-state index in [9.17, 15) is 13.2 Å². The molecule has 0 aliphatic carbocycles. The van der Waals surface area contributed by atoms with Crippen LogP contribution in [0.25, 0.3) is 0 Å². The van der Waals surface area contributed by atoms with Crippen molar-refractivity contribution in [3.63, 3.8) is 0 Å². The third kappa shape index (κ3) is 5.86. The summed E-state index contributed by atoms with van der Waals surface area (Å²) in [6, 6.07) is 10.3. The third-order valence-electron chi connectivity index (χ3n) is 4.21. The van der Waals surface area contributed by atoms with Crippen molar-refractivity contribution < 1.29 is 13.2 Å². The van der Waals surface area contributed by atoms with Crippen LogP contribution in [0.5, 0.6) is 0 Å². The zero-order chi connectivity index (χ0) is 20.2. The number of aryl methyl sites for hydroxylation is 1. The number of rotatable bonds is 7. The average Bonchev–Trinajstić information content (AvgIpc) is 2.57. The molecule has 2 aromatic carbocycles. The number of sulfonamides is 1. The maximum atomic E-state index is 12.2. The van der Waals surface area contributed by atoms with Crippen LogP contribution in [-0.2, 0) is 14.8 Å². The molecule has 0 atom stereocenters. The zero-order valence-electron chi connectivity index (χ0n) is 15.4. The molecule has 0 aliphatic rings. The van der Waals surface area contributed by atoms with Crippen molar-refractivity contribution in [2.45, 2.75) is 26.7 Å². The van der Waals surface area contributed by atoms with Crippen molar-refractivity contribution in [3.05, 3.63) is 57.6 Å². The van der Waals surface area contributed by atoms with Gasteiger partial charge in [-0.3, -0.25) is 9.10 Å². The molecule has 0 spiro atoms. The van der Waals surface area contributed by atoms with Crippen LogP contribution in [0.3, 0.4) is 0 Å².